The van der Waals surface area contributed by atoms with E-state index in [0.29, 0.717) is 17.4 Å². The van der Waals surface area contributed by atoms with Gasteiger partial charge in [0.1, 0.15) is 13.2 Å². The highest BCUT2D eigenvalue weighted by molar-refractivity contribution is 7.45. The average Bonchev–Trinajstić information content (AvgIpc) is 3.33. The third-order valence-electron chi connectivity index (χ3n) is 13.4. The first-order chi connectivity index (χ1) is 34.5. The maximum atomic E-state index is 12.9. The van der Waals surface area contributed by atoms with E-state index >= 15 is 0 Å². The molecular weight excluding hydrogens is 900 g/mol. The first-order valence-electron chi connectivity index (χ1n) is 30.2. The Morgan fingerprint density at radius 1 is 0.493 bits per heavy atom. The molecule has 0 aromatic heterocycles. The van der Waals surface area contributed by atoms with Crippen LogP contribution in [0.4, 0.5) is 0 Å². The van der Waals surface area contributed by atoms with Gasteiger partial charge in [0.15, 0.2) is 0 Å². The first-order valence-corrected chi connectivity index (χ1v) is 31.6. The topological polar surface area (TPSA) is 108 Å². The smallest absolute Gasteiger partial charge is 0.268 e. The molecule has 0 heterocycles. The number of hydrogen-bond acceptors (Lipinski definition) is 6. The highest BCUT2D eigenvalue weighted by atomic mass is 31.2. The fourth-order valence-electron chi connectivity index (χ4n) is 8.69. The van der Waals surface area contributed by atoms with Crippen molar-refractivity contribution < 1.29 is 32.9 Å². The van der Waals surface area contributed by atoms with Gasteiger partial charge in [-0.2, -0.15) is 0 Å². The van der Waals surface area contributed by atoms with Gasteiger partial charge in [0.05, 0.1) is 39.9 Å². The number of amides is 1. The minimum absolute atomic E-state index is 0.0125. The molecule has 9 heteroatoms. The van der Waals surface area contributed by atoms with Gasteiger partial charge in [-0.3, -0.25) is 9.36 Å². The Morgan fingerprint density at radius 3 is 1.25 bits per heavy atom. The summed E-state index contributed by atoms with van der Waals surface area (Å²) in [5, 5.41) is 13.9. The number of unbranched alkanes of at least 4 members (excludes halogenated alkanes) is 34. The zero-order valence-electron chi connectivity index (χ0n) is 47.4. The van der Waals surface area contributed by atoms with Crippen LogP contribution in [-0.2, 0) is 18.4 Å². The van der Waals surface area contributed by atoms with Crippen LogP contribution in [-0.4, -0.2) is 68.5 Å². The zero-order chi connectivity index (χ0) is 52.0. The molecule has 3 unspecified atom stereocenters. The molecule has 0 rings (SSSR count). The molecule has 2 N–H and O–H groups in total. The summed E-state index contributed by atoms with van der Waals surface area (Å²) in [6.45, 7) is 4.61. The molecule has 0 saturated carbocycles. The maximum Gasteiger partial charge on any atom is 0.268 e. The second kappa shape index (κ2) is 53.0. The van der Waals surface area contributed by atoms with Crippen molar-refractivity contribution in [3.63, 3.8) is 0 Å². The zero-order valence-corrected chi connectivity index (χ0v) is 48.3. The molecule has 0 bridgehead atoms. The Kier molecular flexibility index (Phi) is 51.7. The normalized spacial score (nSPS) is 14.3. The molecule has 0 aliphatic carbocycles. The molecule has 71 heavy (non-hydrogen) atoms. The van der Waals surface area contributed by atoms with Crippen LogP contribution in [0.15, 0.2) is 60.8 Å². The van der Waals surface area contributed by atoms with Crippen molar-refractivity contribution in [2.24, 2.45) is 0 Å². The van der Waals surface area contributed by atoms with Crippen molar-refractivity contribution in [1.82, 2.24) is 5.32 Å². The maximum absolute atomic E-state index is 12.9. The standard InChI is InChI=1S/C62H117N2O6P/c1-6-8-10-12-14-16-18-20-22-24-25-26-27-28-29-30-31-32-33-34-35-36-37-38-40-41-43-45-47-49-51-53-55-61(65)60(59-70-71(67,68)69-58-57-64(3,4)5)63-62(66)56-54-52-50-48-46-44-42-39-23-21-19-17-15-13-11-9-7-2/h15,17,21,23,38,40,45,47,53,55,60-61,65H,6-14,16,18-20,22,24-37,39,41-44,46,48-52,54,56-59H2,1-5H3,(H-,63,66,67,68)/b17-15-,23-21-,40-38+,47-45+,55-53+. The number of hydrogen-bond donors (Lipinski definition) is 2. The quantitative estimate of drug-likeness (QED) is 0.0272. The van der Waals surface area contributed by atoms with E-state index in [0.717, 1.165) is 64.2 Å². The molecule has 0 saturated heterocycles. The fourth-order valence-corrected chi connectivity index (χ4v) is 9.41. The predicted molar refractivity (Wildman–Crippen MR) is 307 cm³/mol. The number of carbonyl (C=O) groups excluding carboxylic acids is 1. The van der Waals surface area contributed by atoms with E-state index in [1.807, 2.05) is 27.2 Å². The SMILES string of the molecule is CCCCC/C=C\C/C=C\CCCCCCCCCC(=O)NC(COP(=O)([O-])OCC[N+](C)(C)C)C(O)/C=C/CC/C=C/CC/C=C/CCCCCCCCCCCCCCCCCCCCCCCC. The second-order valence-electron chi connectivity index (χ2n) is 21.7. The Balaban J connectivity index is 4.19. The van der Waals surface area contributed by atoms with E-state index in [1.54, 1.807) is 6.08 Å². The third-order valence-corrected chi connectivity index (χ3v) is 14.4. The van der Waals surface area contributed by atoms with E-state index in [-0.39, 0.29) is 12.5 Å². The number of quaternary nitrogens is 1. The fraction of sp³-hybridized carbons (Fsp3) is 0.823. The van der Waals surface area contributed by atoms with E-state index in [1.165, 1.54) is 193 Å². The van der Waals surface area contributed by atoms with E-state index in [9.17, 15) is 19.4 Å². The Bertz CT molecular complexity index is 1340. The monoisotopic (exact) mass is 1020 g/mol. The lowest BCUT2D eigenvalue weighted by molar-refractivity contribution is -0.870. The van der Waals surface area contributed by atoms with Gasteiger partial charge in [-0.25, -0.2) is 0 Å². The molecule has 8 nitrogen and oxygen atoms in total. The first kappa shape index (κ1) is 69.2. The summed E-state index contributed by atoms with van der Waals surface area (Å²) < 4.78 is 23.3. The van der Waals surface area contributed by atoms with Gasteiger partial charge in [0.2, 0.25) is 5.91 Å². The number of aliphatic hydroxyl groups excluding tert-OH is 1. The van der Waals surface area contributed by atoms with Crippen LogP contribution in [0.2, 0.25) is 0 Å². The molecule has 0 spiro atoms. The van der Waals surface area contributed by atoms with Crippen LogP contribution >= 0.6 is 7.82 Å². The average molecular weight is 1020 g/mol. The molecule has 0 aliphatic rings. The van der Waals surface area contributed by atoms with Crippen molar-refractivity contribution in [2.45, 2.75) is 289 Å². The van der Waals surface area contributed by atoms with Crippen LogP contribution in [0.25, 0.3) is 0 Å². The third kappa shape index (κ3) is 55.8. The van der Waals surface area contributed by atoms with Crippen molar-refractivity contribution >= 4 is 13.7 Å². The van der Waals surface area contributed by atoms with Gasteiger partial charge in [0.25, 0.3) is 7.82 Å². The van der Waals surface area contributed by atoms with Crippen LogP contribution in [0.3, 0.4) is 0 Å². The summed E-state index contributed by atoms with van der Waals surface area (Å²) in [6, 6.07) is -0.917. The summed E-state index contributed by atoms with van der Waals surface area (Å²) in [7, 11) is 1.23. The predicted octanol–water partition coefficient (Wildman–Crippen LogP) is 17.9. The minimum atomic E-state index is -4.61. The number of carbonyl (C=O) groups is 1. The summed E-state index contributed by atoms with van der Waals surface area (Å²) >= 11 is 0. The van der Waals surface area contributed by atoms with E-state index in [4.69, 9.17) is 9.05 Å². The van der Waals surface area contributed by atoms with Gasteiger partial charge in [-0.05, 0) is 77.0 Å². The number of nitrogens with one attached hydrogen (secondary N) is 1. The lowest BCUT2D eigenvalue weighted by atomic mass is 10.0. The second-order valence-corrected chi connectivity index (χ2v) is 23.1. The molecule has 0 fully saturated rings. The molecule has 3 atom stereocenters. The highest BCUT2D eigenvalue weighted by Gasteiger charge is 2.23. The number of nitrogens with zero attached hydrogens (tertiary/aromatic N) is 1. The molecule has 0 aliphatic heterocycles. The Morgan fingerprint density at radius 2 is 0.831 bits per heavy atom. The molecular formula is C62H117N2O6P. The summed E-state index contributed by atoms with van der Waals surface area (Å²) in [5.74, 6) is -0.219. The molecule has 0 radical (unpaired) electrons. The van der Waals surface area contributed by atoms with Gasteiger partial charge in [-0.1, -0.05) is 254 Å². The van der Waals surface area contributed by atoms with Gasteiger partial charge >= 0.3 is 0 Å². The van der Waals surface area contributed by atoms with Crippen molar-refractivity contribution in [1.29, 1.82) is 0 Å². The van der Waals surface area contributed by atoms with Crippen LogP contribution in [0, 0.1) is 0 Å². The number of likely N-dealkylation sites (N-methyl/N-ethyl adjacent to an activating group) is 1. The number of aliphatic hydroxyl groups is 1. The minimum Gasteiger partial charge on any atom is -0.756 e. The Hall–Kier alpha value is -1.80. The number of phosphoric ester groups is 1. The van der Waals surface area contributed by atoms with E-state index < -0.39 is 26.6 Å². The highest BCUT2D eigenvalue weighted by Crippen LogP contribution is 2.38. The summed E-state index contributed by atoms with van der Waals surface area (Å²) in [6.07, 6.45) is 71.8. The molecule has 0 aromatic rings. The van der Waals surface area contributed by atoms with Gasteiger partial charge in [0, 0.05) is 6.42 Å². The van der Waals surface area contributed by atoms with Crippen molar-refractivity contribution in [3.8, 4) is 0 Å². The number of allylic oxidation sites excluding steroid dienone is 9. The van der Waals surface area contributed by atoms with Gasteiger partial charge < -0.3 is 28.8 Å². The van der Waals surface area contributed by atoms with E-state index in [2.05, 4.69) is 67.8 Å². The van der Waals surface area contributed by atoms with Crippen LogP contribution < -0.4 is 10.2 Å². The van der Waals surface area contributed by atoms with Crippen LogP contribution in [0.1, 0.15) is 277 Å². The summed E-state index contributed by atoms with van der Waals surface area (Å²) in [4.78, 5) is 25.5. The lowest BCUT2D eigenvalue weighted by Crippen LogP contribution is -2.45. The van der Waals surface area contributed by atoms with Crippen molar-refractivity contribution in [3.05, 3.63) is 60.8 Å². The van der Waals surface area contributed by atoms with Gasteiger partial charge in [-0.15, -0.1) is 0 Å². The lowest BCUT2D eigenvalue weighted by Gasteiger charge is -2.29. The Labute approximate surface area is 441 Å². The molecule has 0 aromatic carbocycles. The summed E-state index contributed by atoms with van der Waals surface area (Å²) in [5.41, 5.74) is 0. The molecule has 416 valence electrons. The van der Waals surface area contributed by atoms with Crippen LogP contribution in [0.5, 0.6) is 0 Å². The largest absolute Gasteiger partial charge is 0.756 e. The van der Waals surface area contributed by atoms with Crippen molar-refractivity contribution in [2.75, 3.05) is 40.9 Å². The number of rotatable bonds is 55. The molecule has 1 amide bonds. The number of phosphoric acid groups is 1.